The van der Waals surface area contributed by atoms with Crippen LogP contribution in [-0.4, -0.2) is 5.78 Å². The minimum atomic E-state index is -1.04. The lowest BCUT2D eigenvalue weighted by Crippen LogP contribution is -2.13. The minimum Gasteiger partial charge on any atom is -0.292 e. The molecule has 20 heavy (non-hydrogen) atoms. The fraction of sp³-hybridized carbons (Fsp3) is 0.125. The van der Waals surface area contributed by atoms with Crippen LogP contribution in [0.3, 0.4) is 0 Å². The molecule has 0 aliphatic rings. The van der Waals surface area contributed by atoms with E-state index in [1.54, 1.807) is 31.2 Å². The summed E-state index contributed by atoms with van der Waals surface area (Å²) in [5, 5.41) is 9.62. The highest BCUT2D eigenvalue weighted by molar-refractivity contribution is 6.31. The second-order valence-electron chi connectivity index (χ2n) is 4.41. The summed E-state index contributed by atoms with van der Waals surface area (Å²) >= 11 is 6.02. The summed E-state index contributed by atoms with van der Waals surface area (Å²) < 4.78 is 13.3. The Hall–Kier alpha value is -2.18. The van der Waals surface area contributed by atoms with Crippen molar-refractivity contribution in [1.82, 2.24) is 0 Å². The zero-order valence-electron chi connectivity index (χ0n) is 10.7. The van der Waals surface area contributed by atoms with E-state index in [2.05, 4.69) is 0 Å². The first kappa shape index (κ1) is 14.2. The molecule has 0 saturated carbocycles. The minimum absolute atomic E-state index is 0.205. The molecule has 2 aromatic rings. The van der Waals surface area contributed by atoms with E-state index in [4.69, 9.17) is 11.6 Å². The maximum atomic E-state index is 13.3. The summed E-state index contributed by atoms with van der Waals surface area (Å²) in [6.45, 7) is 1.70. The van der Waals surface area contributed by atoms with Gasteiger partial charge in [-0.05, 0) is 36.2 Å². The topological polar surface area (TPSA) is 40.9 Å². The largest absolute Gasteiger partial charge is 0.292 e. The lowest BCUT2D eigenvalue weighted by Gasteiger charge is -2.12. The van der Waals surface area contributed by atoms with Crippen molar-refractivity contribution in [3.63, 3.8) is 0 Å². The summed E-state index contributed by atoms with van der Waals surface area (Å²) in [4.78, 5) is 12.5. The zero-order valence-corrected chi connectivity index (χ0v) is 11.5. The smallest absolute Gasteiger partial charge is 0.184 e. The molecule has 2 aromatic carbocycles. The van der Waals surface area contributed by atoms with Gasteiger partial charge in [0.25, 0.3) is 0 Å². The van der Waals surface area contributed by atoms with Crippen molar-refractivity contribution in [3.8, 4) is 6.07 Å². The second kappa shape index (κ2) is 5.85. The van der Waals surface area contributed by atoms with Crippen LogP contribution in [0, 0.1) is 24.1 Å². The van der Waals surface area contributed by atoms with Crippen molar-refractivity contribution in [1.29, 1.82) is 5.26 Å². The molecule has 1 atom stereocenters. The molecule has 1 unspecified atom stereocenters. The predicted octanol–water partition coefficient (Wildman–Crippen LogP) is 4.28. The van der Waals surface area contributed by atoms with Crippen LogP contribution in [0.15, 0.2) is 42.5 Å². The van der Waals surface area contributed by atoms with Crippen LogP contribution in [0.4, 0.5) is 4.39 Å². The Kier molecular flexibility index (Phi) is 4.16. The van der Waals surface area contributed by atoms with Gasteiger partial charge >= 0.3 is 0 Å². The highest BCUT2D eigenvalue weighted by atomic mass is 35.5. The van der Waals surface area contributed by atoms with Crippen LogP contribution < -0.4 is 0 Å². The molecule has 2 rings (SSSR count). The normalized spacial score (nSPS) is 11.7. The molecule has 0 aliphatic carbocycles. The molecule has 0 bridgehead atoms. The Morgan fingerprint density at radius 1 is 1.30 bits per heavy atom. The van der Waals surface area contributed by atoms with Gasteiger partial charge in [0.2, 0.25) is 0 Å². The van der Waals surface area contributed by atoms with Crippen LogP contribution in [0.5, 0.6) is 0 Å². The fourth-order valence-corrected chi connectivity index (χ4v) is 2.24. The van der Waals surface area contributed by atoms with Gasteiger partial charge in [-0.25, -0.2) is 4.39 Å². The van der Waals surface area contributed by atoms with E-state index in [-0.39, 0.29) is 5.56 Å². The summed E-state index contributed by atoms with van der Waals surface area (Å²) in [5.74, 6) is -1.99. The third-order valence-corrected chi connectivity index (χ3v) is 3.42. The first-order chi connectivity index (χ1) is 9.54. The van der Waals surface area contributed by atoms with Crippen LogP contribution in [-0.2, 0) is 0 Å². The third-order valence-electron chi connectivity index (χ3n) is 3.07. The Balaban J connectivity index is 2.48. The maximum Gasteiger partial charge on any atom is 0.184 e. The van der Waals surface area contributed by atoms with Crippen molar-refractivity contribution in [2.45, 2.75) is 12.8 Å². The molecule has 0 fully saturated rings. The monoisotopic (exact) mass is 287 g/mol. The Morgan fingerprint density at radius 2 is 2.00 bits per heavy atom. The number of rotatable bonds is 3. The van der Waals surface area contributed by atoms with Gasteiger partial charge in [0.05, 0.1) is 6.07 Å². The molecule has 4 heteroatoms. The number of carbonyl (C=O) groups excluding carboxylic acids is 1. The van der Waals surface area contributed by atoms with E-state index in [1.165, 1.54) is 12.1 Å². The summed E-state index contributed by atoms with van der Waals surface area (Å²) in [6.07, 6.45) is 0. The van der Waals surface area contributed by atoms with Gasteiger partial charge in [-0.3, -0.25) is 4.79 Å². The first-order valence-electron chi connectivity index (χ1n) is 5.99. The molecule has 0 radical (unpaired) electrons. The van der Waals surface area contributed by atoms with E-state index in [0.717, 1.165) is 6.07 Å². The van der Waals surface area contributed by atoms with E-state index in [0.29, 0.717) is 16.1 Å². The predicted molar refractivity (Wildman–Crippen MR) is 75.3 cm³/mol. The number of carbonyl (C=O) groups is 1. The number of aryl methyl sites for hydroxylation is 1. The number of ketones is 1. The quantitative estimate of drug-likeness (QED) is 0.791. The van der Waals surface area contributed by atoms with Gasteiger partial charge in [-0.1, -0.05) is 35.9 Å². The molecule has 0 amide bonds. The molecule has 2 nitrogen and oxygen atoms in total. The maximum absolute atomic E-state index is 13.3. The standard InChI is InChI=1S/C16H11ClFNO/c1-10-6-7-11(18)8-13(10)16(20)14(9-19)12-4-2-3-5-15(12)17/h2-8,14H,1H3. The Bertz CT molecular complexity index is 706. The lowest BCUT2D eigenvalue weighted by atomic mass is 9.90. The highest BCUT2D eigenvalue weighted by Crippen LogP contribution is 2.28. The van der Waals surface area contributed by atoms with Crippen molar-refractivity contribution < 1.29 is 9.18 Å². The number of Topliss-reactive ketones (excluding diaryl/α,β-unsaturated/α-hetero) is 1. The molecule has 100 valence electrons. The van der Waals surface area contributed by atoms with Crippen LogP contribution in [0.2, 0.25) is 5.02 Å². The van der Waals surface area contributed by atoms with Crippen LogP contribution >= 0.6 is 11.6 Å². The highest BCUT2D eigenvalue weighted by Gasteiger charge is 2.25. The number of halogens is 2. The van der Waals surface area contributed by atoms with Gasteiger partial charge in [0.15, 0.2) is 5.78 Å². The van der Waals surface area contributed by atoms with Gasteiger partial charge in [-0.15, -0.1) is 0 Å². The van der Waals surface area contributed by atoms with E-state index in [1.807, 2.05) is 6.07 Å². The molecular weight excluding hydrogens is 277 g/mol. The van der Waals surface area contributed by atoms with Gasteiger partial charge < -0.3 is 0 Å². The van der Waals surface area contributed by atoms with Crippen molar-refractivity contribution in [2.24, 2.45) is 0 Å². The van der Waals surface area contributed by atoms with Crippen LogP contribution in [0.25, 0.3) is 0 Å². The Labute approximate surface area is 121 Å². The number of hydrogen-bond donors (Lipinski definition) is 0. The number of nitriles is 1. The van der Waals surface area contributed by atoms with E-state index < -0.39 is 17.5 Å². The summed E-state index contributed by atoms with van der Waals surface area (Å²) in [5.41, 5.74) is 1.27. The molecule has 0 aromatic heterocycles. The third kappa shape index (κ3) is 2.71. The zero-order chi connectivity index (χ0) is 14.7. The number of nitrogens with zero attached hydrogens (tertiary/aromatic N) is 1. The van der Waals surface area contributed by atoms with Gasteiger partial charge in [0.1, 0.15) is 11.7 Å². The average Bonchev–Trinajstić information content (AvgIpc) is 2.44. The molecule has 0 heterocycles. The van der Waals surface area contributed by atoms with E-state index in [9.17, 15) is 14.4 Å². The average molecular weight is 288 g/mol. The van der Waals surface area contributed by atoms with Crippen molar-refractivity contribution in [3.05, 3.63) is 70.0 Å². The fourth-order valence-electron chi connectivity index (χ4n) is 1.99. The van der Waals surface area contributed by atoms with Crippen molar-refractivity contribution in [2.75, 3.05) is 0 Å². The SMILES string of the molecule is Cc1ccc(F)cc1C(=O)C(C#N)c1ccccc1Cl. The molecule has 0 spiro atoms. The molecule has 0 saturated heterocycles. The van der Waals surface area contributed by atoms with E-state index >= 15 is 0 Å². The number of benzene rings is 2. The van der Waals surface area contributed by atoms with Gasteiger partial charge in [0, 0.05) is 10.6 Å². The molecule has 0 N–H and O–H groups in total. The van der Waals surface area contributed by atoms with Gasteiger partial charge in [-0.2, -0.15) is 5.26 Å². The summed E-state index contributed by atoms with van der Waals surface area (Å²) in [7, 11) is 0. The second-order valence-corrected chi connectivity index (χ2v) is 4.81. The Morgan fingerprint density at radius 3 is 2.65 bits per heavy atom. The van der Waals surface area contributed by atoms with Crippen LogP contribution in [0.1, 0.15) is 27.4 Å². The first-order valence-corrected chi connectivity index (χ1v) is 6.37. The summed E-state index contributed by atoms with van der Waals surface area (Å²) in [6, 6.07) is 12.6. The van der Waals surface area contributed by atoms with Crippen molar-refractivity contribution >= 4 is 17.4 Å². The molecule has 0 aliphatic heterocycles. The number of hydrogen-bond acceptors (Lipinski definition) is 2. The molecular formula is C16H11ClFNO. The lowest BCUT2D eigenvalue weighted by molar-refractivity contribution is 0.0978.